The smallest absolute Gasteiger partial charge is 0.224 e. The van der Waals surface area contributed by atoms with Crippen LogP contribution in [0.5, 0.6) is 0 Å². The molecule has 1 fully saturated rings. The van der Waals surface area contributed by atoms with Crippen molar-refractivity contribution in [2.45, 2.75) is 38.8 Å². The molecule has 2 aromatic heterocycles. The van der Waals surface area contributed by atoms with Gasteiger partial charge in [-0.15, -0.1) is 0 Å². The summed E-state index contributed by atoms with van der Waals surface area (Å²) in [6.07, 6.45) is 5.90. The van der Waals surface area contributed by atoms with Gasteiger partial charge in [0.05, 0.1) is 18.4 Å². The summed E-state index contributed by atoms with van der Waals surface area (Å²) in [5, 5.41) is 4.32. The molecule has 0 unspecified atom stereocenters. The Hall–Kier alpha value is -2.41. The summed E-state index contributed by atoms with van der Waals surface area (Å²) in [4.78, 5) is 18.4. The summed E-state index contributed by atoms with van der Waals surface area (Å²) in [7, 11) is 0. The Labute approximate surface area is 147 Å². The van der Waals surface area contributed by atoms with Crippen LogP contribution in [-0.4, -0.2) is 51.4 Å². The third-order valence-electron chi connectivity index (χ3n) is 4.42. The van der Waals surface area contributed by atoms with E-state index in [2.05, 4.69) is 10.1 Å². The molecule has 134 valence electrons. The van der Waals surface area contributed by atoms with Gasteiger partial charge in [0.15, 0.2) is 0 Å². The maximum Gasteiger partial charge on any atom is 0.224 e. The van der Waals surface area contributed by atoms with Gasteiger partial charge in [0.25, 0.3) is 0 Å². The van der Waals surface area contributed by atoms with Crippen LogP contribution in [0.4, 0.5) is 5.82 Å². The Morgan fingerprint density at radius 1 is 1.44 bits per heavy atom. The van der Waals surface area contributed by atoms with E-state index in [9.17, 15) is 4.79 Å². The average Bonchev–Trinajstić information content (AvgIpc) is 3.03. The lowest BCUT2D eigenvalue weighted by atomic mass is 10.1. The van der Waals surface area contributed by atoms with Gasteiger partial charge >= 0.3 is 0 Å². The van der Waals surface area contributed by atoms with E-state index in [0.29, 0.717) is 38.5 Å². The second kappa shape index (κ2) is 8.11. The molecule has 7 nitrogen and oxygen atoms in total. The van der Waals surface area contributed by atoms with Crippen LogP contribution in [0.3, 0.4) is 0 Å². The lowest BCUT2D eigenvalue weighted by Crippen LogP contribution is -2.46. The van der Waals surface area contributed by atoms with Crippen molar-refractivity contribution in [1.29, 1.82) is 0 Å². The second-order valence-corrected chi connectivity index (χ2v) is 6.43. The molecule has 25 heavy (non-hydrogen) atoms. The molecule has 7 heteroatoms. The molecular formula is C18H25N5O2. The number of aromatic nitrogens is 3. The lowest BCUT2D eigenvalue weighted by Gasteiger charge is -2.33. The number of hydrogen-bond acceptors (Lipinski definition) is 5. The van der Waals surface area contributed by atoms with Gasteiger partial charge in [0.1, 0.15) is 5.82 Å². The van der Waals surface area contributed by atoms with Crippen LogP contribution in [0.25, 0.3) is 0 Å². The number of carbonyl (C=O) groups is 1. The number of nitrogens with zero attached hydrogens (tertiary/aromatic N) is 4. The lowest BCUT2D eigenvalue weighted by molar-refractivity contribution is -0.139. The number of carbonyl (C=O) groups excluding carboxylic acids is 1. The third-order valence-corrected chi connectivity index (χ3v) is 4.42. The standard InChI is InChI=1S/C18H25N5O2/c1-14-5-8-23(21-14)9-6-18(24)22-10-11-25-16(13-22)3-2-15-4-7-20-17(19)12-15/h4-5,7-8,12,16H,2-3,6,9-11,13H2,1H3,(H2,19,20)/t16-/m0/s1. The van der Waals surface area contributed by atoms with E-state index in [-0.39, 0.29) is 12.0 Å². The molecule has 1 aliphatic heterocycles. The highest BCUT2D eigenvalue weighted by molar-refractivity contribution is 5.76. The van der Waals surface area contributed by atoms with Crippen molar-refractivity contribution in [2.75, 3.05) is 25.4 Å². The SMILES string of the molecule is Cc1ccn(CCC(=O)N2CCO[C@@H](CCc3ccnc(N)c3)C2)n1. The first-order chi connectivity index (χ1) is 12.1. The van der Waals surface area contributed by atoms with Gasteiger partial charge in [-0.05, 0) is 43.5 Å². The summed E-state index contributed by atoms with van der Waals surface area (Å²) < 4.78 is 7.64. The summed E-state index contributed by atoms with van der Waals surface area (Å²) in [6.45, 7) is 4.47. The summed E-state index contributed by atoms with van der Waals surface area (Å²) in [5.74, 6) is 0.697. The normalized spacial score (nSPS) is 17.6. The molecule has 0 bridgehead atoms. The summed E-state index contributed by atoms with van der Waals surface area (Å²) in [6, 6.07) is 5.80. The molecule has 1 saturated heterocycles. The number of anilines is 1. The van der Waals surface area contributed by atoms with Gasteiger partial charge in [-0.25, -0.2) is 4.98 Å². The molecule has 0 radical (unpaired) electrons. The molecule has 2 N–H and O–H groups in total. The van der Waals surface area contributed by atoms with Crippen molar-refractivity contribution < 1.29 is 9.53 Å². The number of nitrogen functional groups attached to an aromatic ring is 1. The van der Waals surface area contributed by atoms with Crippen LogP contribution in [-0.2, 0) is 22.5 Å². The minimum atomic E-state index is 0.0686. The zero-order valence-corrected chi connectivity index (χ0v) is 14.6. The minimum Gasteiger partial charge on any atom is -0.384 e. The van der Waals surface area contributed by atoms with Crippen molar-refractivity contribution in [1.82, 2.24) is 19.7 Å². The molecule has 3 heterocycles. The maximum atomic E-state index is 12.4. The van der Waals surface area contributed by atoms with Gasteiger partial charge in [-0.2, -0.15) is 5.10 Å². The molecule has 0 aliphatic carbocycles. The number of ether oxygens (including phenoxy) is 1. The molecule has 1 amide bonds. The van der Waals surface area contributed by atoms with Crippen molar-refractivity contribution in [3.8, 4) is 0 Å². The van der Waals surface area contributed by atoms with E-state index in [0.717, 1.165) is 24.1 Å². The molecule has 0 aromatic carbocycles. The number of morpholine rings is 1. The largest absolute Gasteiger partial charge is 0.384 e. The van der Waals surface area contributed by atoms with Crippen molar-refractivity contribution in [3.63, 3.8) is 0 Å². The van der Waals surface area contributed by atoms with Gasteiger partial charge in [0.2, 0.25) is 5.91 Å². The monoisotopic (exact) mass is 343 g/mol. The molecule has 0 spiro atoms. The topological polar surface area (TPSA) is 86.3 Å². The van der Waals surface area contributed by atoms with Crippen LogP contribution in [0.15, 0.2) is 30.6 Å². The minimum absolute atomic E-state index is 0.0686. The van der Waals surface area contributed by atoms with Crippen molar-refractivity contribution in [2.24, 2.45) is 0 Å². The van der Waals surface area contributed by atoms with Crippen LogP contribution < -0.4 is 5.73 Å². The molecule has 0 saturated carbocycles. The fourth-order valence-electron chi connectivity index (χ4n) is 3.05. The molecule has 3 rings (SSSR count). The number of hydrogen-bond donors (Lipinski definition) is 1. The highest BCUT2D eigenvalue weighted by Gasteiger charge is 2.23. The fourth-order valence-corrected chi connectivity index (χ4v) is 3.05. The Kier molecular flexibility index (Phi) is 5.65. The Morgan fingerprint density at radius 2 is 2.32 bits per heavy atom. The third kappa shape index (κ3) is 5.03. The quantitative estimate of drug-likeness (QED) is 0.857. The number of amides is 1. The van der Waals surface area contributed by atoms with E-state index in [1.807, 2.05) is 40.9 Å². The molecule has 1 atom stereocenters. The maximum absolute atomic E-state index is 12.4. The number of pyridine rings is 1. The second-order valence-electron chi connectivity index (χ2n) is 6.43. The van der Waals surface area contributed by atoms with E-state index >= 15 is 0 Å². The van der Waals surface area contributed by atoms with E-state index < -0.39 is 0 Å². The van der Waals surface area contributed by atoms with Crippen LogP contribution >= 0.6 is 0 Å². The predicted molar refractivity (Wildman–Crippen MR) is 94.9 cm³/mol. The zero-order valence-electron chi connectivity index (χ0n) is 14.6. The van der Waals surface area contributed by atoms with Crippen LogP contribution in [0.1, 0.15) is 24.1 Å². The number of rotatable bonds is 6. The first kappa shape index (κ1) is 17.4. The van der Waals surface area contributed by atoms with E-state index in [4.69, 9.17) is 10.5 Å². The summed E-state index contributed by atoms with van der Waals surface area (Å²) in [5.41, 5.74) is 7.82. The van der Waals surface area contributed by atoms with E-state index in [1.54, 1.807) is 6.20 Å². The fraction of sp³-hybridized carbons (Fsp3) is 0.500. The van der Waals surface area contributed by atoms with Gasteiger partial charge < -0.3 is 15.4 Å². The van der Waals surface area contributed by atoms with Gasteiger partial charge in [0, 0.05) is 38.4 Å². The highest BCUT2D eigenvalue weighted by atomic mass is 16.5. The van der Waals surface area contributed by atoms with Crippen LogP contribution in [0, 0.1) is 6.92 Å². The Morgan fingerprint density at radius 3 is 3.08 bits per heavy atom. The molecule has 1 aliphatic rings. The highest BCUT2D eigenvalue weighted by Crippen LogP contribution is 2.14. The first-order valence-electron chi connectivity index (χ1n) is 8.70. The summed E-state index contributed by atoms with van der Waals surface area (Å²) >= 11 is 0. The van der Waals surface area contributed by atoms with Crippen LogP contribution in [0.2, 0.25) is 0 Å². The predicted octanol–water partition coefficient (Wildman–Crippen LogP) is 1.42. The molecular weight excluding hydrogens is 318 g/mol. The first-order valence-corrected chi connectivity index (χ1v) is 8.70. The zero-order chi connectivity index (χ0) is 17.6. The van der Waals surface area contributed by atoms with Gasteiger partial charge in [-0.1, -0.05) is 0 Å². The van der Waals surface area contributed by atoms with Crippen molar-refractivity contribution in [3.05, 3.63) is 41.9 Å². The average molecular weight is 343 g/mol. The number of aryl methyl sites for hydroxylation is 3. The van der Waals surface area contributed by atoms with E-state index in [1.165, 1.54) is 0 Å². The van der Waals surface area contributed by atoms with Gasteiger partial charge in [-0.3, -0.25) is 9.48 Å². The molecule has 2 aromatic rings. The Balaban J connectivity index is 1.46. The van der Waals surface area contributed by atoms with Crippen molar-refractivity contribution >= 4 is 11.7 Å². The Bertz CT molecular complexity index is 715. The number of nitrogens with two attached hydrogens (primary N) is 1.